The molecule has 0 bridgehead atoms. The summed E-state index contributed by atoms with van der Waals surface area (Å²) in [6, 6.07) is 16.7. The zero-order chi connectivity index (χ0) is 20.0. The number of nitriles is 1. The Hall–Kier alpha value is -3.46. The molecular weight excluding hydrogens is 358 g/mol. The highest BCUT2D eigenvalue weighted by atomic mass is 16.5. The fourth-order valence-corrected chi connectivity index (χ4v) is 2.25. The fraction of sp³-hybridized carbons (Fsp3) is 0.273. The van der Waals surface area contributed by atoms with Crippen LogP contribution in [0.4, 0.5) is 0 Å². The lowest BCUT2D eigenvalue weighted by molar-refractivity contribution is -0.131. The van der Waals surface area contributed by atoms with Crippen LogP contribution < -0.4 is 14.2 Å². The van der Waals surface area contributed by atoms with Crippen LogP contribution in [0.25, 0.3) is 6.08 Å². The number of hydrogen-bond donors (Lipinski definition) is 1. The second kappa shape index (κ2) is 12.0. The van der Waals surface area contributed by atoms with Crippen LogP contribution in [0.1, 0.15) is 24.8 Å². The largest absolute Gasteiger partial charge is 0.494 e. The van der Waals surface area contributed by atoms with Gasteiger partial charge in [0.25, 0.3) is 0 Å². The van der Waals surface area contributed by atoms with E-state index in [1.54, 1.807) is 24.3 Å². The van der Waals surface area contributed by atoms with E-state index in [1.165, 1.54) is 6.08 Å². The van der Waals surface area contributed by atoms with Gasteiger partial charge in [0.1, 0.15) is 17.2 Å². The highest BCUT2D eigenvalue weighted by molar-refractivity contribution is 5.85. The summed E-state index contributed by atoms with van der Waals surface area (Å²) in [6.45, 7) is 1.58. The molecule has 2 aromatic carbocycles. The normalized spacial score (nSPS) is 10.4. The number of carboxylic acids is 1. The molecule has 2 rings (SSSR count). The first-order chi connectivity index (χ1) is 13.7. The Morgan fingerprint density at radius 1 is 0.857 bits per heavy atom. The van der Waals surface area contributed by atoms with Gasteiger partial charge in [0.15, 0.2) is 0 Å². The van der Waals surface area contributed by atoms with Gasteiger partial charge >= 0.3 is 5.97 Å². The number of carboxylic acid groups (broad SMARTS) is 1. The lowest BCUT2D eigenvalue weighted by Crippen LogP contribution is -2.05. The zero-order valence-electron chi connectivity index (χ0n) is 15.5. The van der Waals surface area contributed by atoms with Gasteiger partial charge in [0.05, 0.1) is 25.9 Å². The smallest absolute Gasteiger partial charge is 0.328 e. The van der Waals surface area contributed by atoms with E-state index in [2.05, 4.69) is 6.07 Å². The van der Waals surface area contributed by atoms with Gasteiger partial charge < -0.3 is 19.3 Å². The summed E-state index contributed by atoms with van der Waals surface area (Å²) in [5, 5.41) is 17.1. The van der Waals surface area contributed by atoms with Gasteiger partial charge in [-0.25, -0.2) is 4.79 Å². The molecule has 0 amide bonds. The minimum atomic E-state index is -0.974. The predicted octanol–water partition coefficient (Wildman–Crippen LogP) is 4.31. The lowest BCUT2D eigenvalue weighted by atomic mass is 10.2. The molecule has 2 aromatic rings. The third-order valence-electron chi connectivity index (χ3n) is 3.65. The van der Waals surface area contributed by atoms with Crippen LogP contribution in [0.15, 0.2) is 54.6 Å². The number of carbonyl (C=O) groups is 1. The quantitative estimate of drug-likeness (QED) is 0.435. The molecule has 0 spiro atoms. The fourth-order valence-electron chi connectivity index (χ4n) is 2.25. The van der Waals surface area contributed by atoms with Crippen molar-refractivity contribution in [2.45, 2.75) is 19.3 Å². The van der Waals surface area contributed by atoms with E-state index in [9.17, 15) is 4.79 Å². The first-order valence-electron chi connectivity index (χ1n) is 9.04. The van der Waals surface area contributed by atoms with Gasteiger partial charge in [-0.15, -0.1) is 0 Å². The Morgan fingerprint density at radius 3 is 1.79 bits per heavy atom. The first kappa shape index (κ1) is 20.8. The van der Waals surface area contributed by atoms with Gasteiger partial charge in [-0.2, -0.15) is 5.26 Å². The summed E-state index contributed by atoms with van der Waals surface area (Å²) in [5.41, 5.74) is 0.801. The van der Waals surface area contributed by atoms with Crippen molar-refractivity contribution in [3.05, 3.63) is 60.2 Å². The Bertz CT molecular complexity index is 791. The average Bonchev–Trinajstić information content (AvgIpc) is 2.71. The van der Waals surface area contributed by atoms with E-state index in [0.717, 1.165) is 41.7 Å². The summed E-state index contributed by atoms with van der Waals surface area (Å²) in [5.74, 6) is 1.28. The number of ether oxygens (including phenoxy) is 3. The van der Waals surface area contributed by atoms with Crippen LogP contribution >= 0.6 is 0 Å². The van der Waals surface area contributed by atoms with Crippen LogP contribution in [-0.4, -0.2) is 30.9 Å². The molecule has 0 atom stereocenters. The van der Waals surface area contributed by atoms with E-state index in [0.29, 0.717) is 26.2 Å². The summed E-state index contributed by atoms with van der Waals surface area (Å²) in [4.78, 5) is 10.5. The molecule has 0 aliphatic heterocycles. The maximum absolute atomic E-state index is 10.5. The van der Waals surface area contributed by atoms with E-state index in [1.807, 2.05) is 24.3 Å². The summed E-state index contributed by atoms with van der Waals surface area (Å²) >= 11 is 0. The van der Waals surface area contributed by atoms with Crippen molar-refractivity contribution in [2.75, 3.05) is 19.8 Å². The number of rotatable bonds is 12. The molecular formula is C22H23NO5. The van der Waals surface area contributed by atoms with Crippen molar-refractivity contribution < 1.29 is 24.1 Å². The highest BCUT2D eigenvalue weighted by Crippen LogP contribution is 2.18. The van der Waals surface area contributed by atoms with Crippen molar-refractivity contribution in [1.82, 2.24) is 0 Å². The van der Waals surface area contributed by atoms with E-state index >= 15 is 0 Å². The minimum absolute atomic E-state index is 0.495. The number of hydrogen-bond acceptors (Lipinski definition) is 5. The molecule has 0 saturated heterocycles. The average molecular weight is 381 g/mol. The Balaban J connectivity index is 1.62. The SMILES string of the molecule is N#CCCCOc1ccc(OCCCOc2ccc(/C=C/C(=O)O)cc2)cc1. The summed E-state index contributed by atoms with van der Waals surface area (Å²) < 4.78 is 16.8. The molecule has 0 aromatic heterocycles. The third kappa shape index (κ3) is 8.28. The molecule has 0 saturated carbocycles. The van der Waals surface area contributed by atoms with Crippen molar-refractivity contribution in [3.63, 3.8) is 0 Å². The predicted molar refractivity (Wildman–Crippen MR) is 106 cm³/mol. The van der Waals surface area contributed by atoms with E-state index in [4.69, 9.17) is 24.6 Å². The minimum Gasteiger partial charge on any atom is -0.494 e. The van der Waals surface area contributed by atoms with Gasteiger partial charge in [-0.3, -0.25) is 0 Å². The van der Waals surface area contributed by atoms with E-state index < -0.39 is 5.97 Å². The van der Waals surface area contributed by atoms with Crippen LogP contribution in [-0.2, 0) is 4.79 Å². The number of nitrogens with zero attached hydrogens (tertiary/aromatic N) is 1. The molecule has 6 heteroatoms. The Kier molecular flexibility index (Phi) is 8.95. The molecule has 146 valence electrons. The molecule has 0 aliphatic rings. The molecule has 0 radical (unpaired) electrons. The summed E-state index contributed by atoms with van der Waals surface area (Å²) in [6.07, 6.45) is 4.57. The van der Waals surface area contributed by atoms with Gasteiger partial charge in [0.2, 0.25) is 0 Å². The van der Waals surface area contributed by atoms with Gasteiger partial charge in [0, 0.05) is 18.9 Å². The standard InChI is InChI=1S/C22H23NO5/c23-14-1-2-15-26-20-9-11-21(12-10-20)28-17-3-16-27-19-7-4-18(5-8-19)6-13-22(24)25/h4-13H,1-3,15-17H2,(H,24,25)/b13-6+. The molecule has 0 fully saturated rings. The molecule has 0 heterocycles. The molecule has 0 aliphatic carbocycles. The topological polar surface area (TPSA) is 88.8 Å². The maximum Gasteiger partial charge on any atom is 0.328 e. The zero-order valence-corrected chi connectivity index (χ0v) is 15.5. The monoisotopic (exact) mass is 381 g/mol. The lowest BCUT2D eigenvalue weighted by Gasteiger charge is -2.09. The Morgan fingerprint density at radius 2 is 1.32 bits per heavy atom. The number of benzene rings is 2. The first-order valence-corrected chi connectivity index (χ1v) is 9.04. The van der Waals surface area contributed by atoms with Crippen molar-refractivity contribution in [2.24, 2.45) is 0 Å². The van der Waals surface area contributed by atoms with E-state index in [-0.39, 0.29) is 0 Å². The van der Waals surface area contributed by atoms with Crippen LogP contribution in [0.5, 0.6) is 17.2 Å². The third-order valence-corrected chi connectivity index (χ3v) is 3.65. The van der Waals surface area contributed by atoms with Crippen LogP contribution in [0, 0.1) is 11.3 Å². The molecule has 0 unspecified atom stereocenters. The Labute approximate surface area is 164 Å². The van der Waals surface area contributed by atoms with Crippen molar-refractivity contribution in [3.8, 4) is 23.3 Å². The molecule has 6 nitrogen and oxygen atoms in total. The molecule has 1 N–H and O–H groups in total. The second-order valence-corrected chi connectivity index (χ2v) is 5.87. The number of aliphatic carboxylic acids is 1. The second-order valence-electron chi connectivity index (χ2n) is 5.87. The number of unbranched alkanes of at least 4 members (excludes halogenated alkanes) is 1. The van der Waals surface area contributed by atoms with Gasteiger partial charge in [-0.1, -0.05) is 12.1 Å². The maximum atomic E-state index is 10.5. The summed E-state index contributed by atoms with van der Waals surface area (Å²) in [7, 11) is 0. The molecule has 28 heavy (non-hydrogen) atoms. The van der Waals surface area contributed by atoms with Crippen molar-refractivity contribution in [1.29, 1.82) is 5.26 Å². The van der Waals surface area contributed by atoms with Gasteiger partial charge in [-0.05, 0) is 54.5 Å². The van der Waals surface area contributed by atoms with Crippen LogP contribution in [0.2, 0.25) is 0 Å². The van der Waals surface area contributed by atoms with Crippen LogP contribution in [0.3, 0.4) is 0 Å². The van der Waals surface area contributed by atoms with Crippen molar-refractivity contribution >= 4 is 12.0 Å². The highest BCUT2D eigenvalue weighted by Gasteiger charge is 1.99.